The number of nitrogens with zero attached hydrogens (tertiary/aromatic N) is 2. The highest BCUT2D eigenvalue weighted by molar-refractivity contribution is 5.81. The first-order chi connectivity index (χ1) is 9.88. The summed E-state index contributed by atoms with van der Waals surface area (Å²) in [6, 6.07) is 16.7. The number of benzene rings is 2. The van der Waals surface area contributed by atoms with Gasteiger partial charge in [0.2, 0.25) is 0 Å². The van der Waals surface area contributed by atoms with Crippen molar-refractivity contribution in [1.82, 2.24) is 0 Å². The van der Waals surface area contributed by atoms with Crippen LogP contribution in [-0.2, 0) is 0 Å². The number of aliphatic hydroxyl groups is 1. The zero-order valence-corrected chi connectivity index (χ0v) is 14.0. The van der Waals surface area contributed by atoms with Crippen molar-refractivity contribution in [3.63, 3.8) is 0 Å². The first-order valence-electron chi connectivity index (χ1n) is 6.95. The Bertz CT molecular complexity index is 345. The molecule has 0 atom stereocenters. The molecule has 0 aliphatic heterocycles. The molecule has 20 heavy (non-hydrogen) atoms. The molecule has 0 bridgehead atoms. The zero-order chi connectivity index (χ0) is 16.2. The smallest absolute Gasteiger partial charge is 0.0487 e. The highest BCUT2D eigenvalue weighted by Crippen LogP contribution is 2.11. The Morgan fingerprint density at radius 1 is 0.600 bits per heavy atom. The maximum atomic E-state index is 7.00. The fourth-order valence-corrected chi connectivity index (χ4v) is 1.13. The number of hydrogen-bond donors (Lipinski definition) is 1. The molecule has 0 amide bonds. The van der Waals surface area contributed by atoms with Crippen LogP contribution >= 0.6 is 0 Å². The van der Waals surface area contributed by atoms with E-state index in [9.17, 15) is 0 Å². The van der Waals surface area contributed by atoms with Gasteiger partial charge in [0.25, 0.3) is 0 Å². The van der Waals surface area contributed by atoms with Gasteiger partial charge >= 0.3 is 0 Å². The number of aliphatic hydroxyl groups excluding tert-OH is 1. The van der Waals surface area contributed by atoms with E-state index in [-0.39, 0.29) is 0 Å². The van der Waals surface area contributed by atoms with Gasteiger partial charge in [0.15, 0.2) is 0 Å². The van der Waals surface area contributed by atoms with Crippen molar-refractivity contribution in [3.8, 4) is 0 Å². The third-order valence-corrected chi connectivity index (χ3v) is 1.86. The quantitative estimate of drug-likeness (QED) is 0.661. The lowest BCUT2D eigenvalue weighted by Crippen LogP contribution is -1.67. The minimum Gasteiger partial charge on any atom is -0.400 e. The average Bonchev–Trinajstić information content (AvgIpc) is 2.60. The lowest BCUT2D eigenvalue weighted by Gasteiger charge is -1.92. The molecule has 0 saturated heterocycles. The Morgan fingerprint density at radius 3 is 0.950 bits per heavy atom. The second-order valence-electron chi connectivity index (χ2n) is 2.75. The molecule has 0 radical (unpaired) electrons. The topological polar surface area (TPSA) is 45.0 Å². The molecular formula is C17H30N2O. The summed E-state index contributed by atoms with van der Waals surface area (Å²) in [4.78, 5) is 0. The van der Waals surface area contributed by atoms with E-state index in [4.69, 9.17) is 5.11 Å². The fraction of sp³-hybridized carbons (Fsp3) is 0.412. The first kappa shape index (κ1) is 23.4. The largest absolute Gasteiger partial charge is 0.400 e. The minimum atomic E-state index is 1.00. The van der Waals surface area contributed by atoms with Crippen LogP contribution in [0.3, 0.4) is 0 Å². The van der Waals surface area contributed by atoms with Crippen LogP contribution in [0.1, 0.15) is 27.7 Å². The molecule has 0 saturated carbocycles. The van der Waals surface area contributed by atoms with Gasteiger partial charge in [-0.05, 0) is 10.8 Å². The van der Waals surface area contributed by atoms with Crippen molar-refractivity contribution in [2.75, 3.05) is 21.2 Å². The molecular weight excluding hydrogens is 248 g/mol. The Labute approximate surface area is 124 Å². The molecule has 0 aromatic heterocycles. The monoisotopic (exact) mass is 278 g/mol. The van der Waals surface area contributed by atoms with Crippen molar-refractivity contribution in [3.05, 3.63) is 48.5 Å². The normalized spacial score (nSPS) is 7.80. The Balaban J connectivity index is -0.000000247. The number of azo groups is 1. The summed E-state index contributed by atoms with van der Waals surface area (Å²) in [6.45, 7) is 8.00. The Kier molecular flexibility index (Phi) is 26.2. The molecule has 0 heterocycles. The van der Waals surface area contributed by atoms with E-state index in [0.717, 1.165) is 7.11 Å². The van der Waals surface area contributed by atoms with E-state index >= 15 is 0 Å². The SMILES string of the molecule is CC.CC.CN=NC.CO.c1ccc2ccccc2c1. The van der Waals surface area contributed by atoms with Crippen LogP contribution in [0, 0.1) is 0 Å². The lowest BCUT2D eigenvalue weighted by atomic mass is 10.1. The van der Waals surface area contributed by atoms with Gasteiger partial charge < -0.3 is 5.11 Å². The molecule has 2 aromatic rings. The van der Waals surface area contributed by atoms with E-state index in [1.165, 1.54) is 10.8 Å². The van der Waals surface area contributed by atoms with Gasteiger partial charge in [-0.1, -0.05) is 76.2 Å². The van der Waals surface area contributed by atoms with Gasteiger partial charge in [-0.15, -0.1) is 0 Å². The first-order valence-corrected chi connectivity index (χ1v) is 6.95. The second-order valence-corrected chi connectivity index (χ2v) is 2.75. The summed E-state index contributed by atoms with van der Waals surface area (Å²) in [5, 5.41) is 16.3. The van der Waals surface area contributed by atoms with Crippen molar-refractivity contribution < 1.29 is 5.11 Å². The number of hydrogen-bond acceptors (Lipinski definition) is 3. The molecule has 1 N–H and O–H groups in total. The standard InChI is InChI=1S/C10H8.C2H6N2.2C2H6.CH4O/c1-2-6-10-8-4-3-7-9(10)5-1;1-3-4-2;3*1-2/h1-8H;1-2H3;2*1-2H3;2H,1H3. The molecule has 0 fully saturated rings. The molecule has 114 valence electrons. The van der Waals surface area contributed by atoms with Gasteiger partial charge in [0.05, 0.1) is 0 Å². The summed E-state index contributed by atoms with van der Waals surface area (Å²) < 4.78 is 0. The van der Waals surface area contributed by atoms with Gasteiger partial charge in [0, 0.05) is 21.2 Å². The summed E-state index contributed by atoms with van der Waals surface area (Å²) in [6.07, 6.45) is 0. The third kappa shape index (κ3) is 12.7. The summed E-state index contributed by atoms with van der Waals surface area (Å²) in [5.41, 5.74) is 0. The highest BCUT2D eigenvalue weighted by Gasteiger charge is 1.85. The number of rotatable bonds is 0. The van der Waals surface area contributed by atoms with Gasteiger partial charge in [0.1, 0.15) is 0 Å². The third-order valence-electron chi connectivity index (χ3n) is 1.86. The second kappa shape index (κ2) is 22.4. The van der Waals surface area contributed by atoms with Crippen molar-refractivity contribution in [2.24, 2.45) is 10.2 Å². The average molecular weight is 278 g/mol. The summed E-state index contributed by atoms with van der Waals surface area (Å²) >= 11 is 0. The maximum absolute atomic E-state index is 7.00. The van der Waals surface area contributed by atoms with Gasteiger partial charge in [-0.25, -0.2) is 0 Å². The fourth-order valence-electron chi connectivity index (χ4n) is 1.13. The molecule has 0 spiro atoms. The lowest BCUT2D eigenvalue weighted by molar-refractivity contribution is 0.399. The minimum absolute atomic E-state index is 1.00. The molecule has 0 aliphatic carbocycles. The zero-order valence-electron chi connectivity index (χ0n) is 14.0. The number of fused-ring (bicyclic) bond motifs is 1. The van der Waals surface area contributed by atoms with Crippen LogP contribution < -0.4 is 0 Å². The molecule has 3 nitrogen and oxygen atoms in total. The maximum Gasteiger partial charge on any atom is 0.0487 e. The van der Waals surface area contributed by atoms with E-state index in [1.54, 1.807) is 14.1 Å². The highest BCUT2D eigenvalue weighted by atomic mass is 16.2. The van der Waals surface area contributed by atoms with Crippen LogP contribution in [-0.4, -0.2) is 26.3 Å². The van der Waals surface area contributed by atoms with Crippen molar-refractivity contribution in [1.29, 1.82) is 0 Å². The van der Waals surface area contributed by atoms with Crippen LogP contribution in [0.5, 0.6) is 0 Å². The van der Waals surface area contributed by atoms with Gasteiger partial charge in [-0.3, -0.25) is 0 Å². The predicted molar refractivity (Wildman–Crippen MR) is 91.5 cm³/mol. The van der Waals surface area contributed by atoms with Crippen molar-refractivity contribution >= 4 is 10.8 Å². The van der Waals surface area contributed by atoms with Gasteiger partial charge in [-0.2, -0.15) is 10.2 Å². The molecule has 2 rings (SSSR count). The van der Waals surface area contributed by atoms with E-state index in [0.29, 0.717) is 0 Å². The van der Waals surface area contributed by atoms with E-state index in [1.807, 2.05) is 27.7 Å². The van der Waals surface area contributed by atoms with E-state index < -0.39 is 0 Å². The van der Waals surface area contributed by atoms with Crippen LogP contribution in [0.25, 0.3) is 10.8 Å². The van der Waals surface area contributed by atoms with E-state index in [2.05, 4.69) is 58.8 Å². The Hall–Kier alpha value is -1.74. The molecule has 3 heteroatoms. The Morgan fingerprint density at radius 2 is 0.800 bits per heavy atom. The summed E-state index contributed by atoms with van der Waals surface area (Å²) in [7, 11) is 4.28. The predicted octanol–water partition coefficient (Wildman–Crippen LogP) is 5.20. The molecule has 2 aromatic carbocycles. The van der Waals surface area contributed by atoms with Crippen LogP contribution in [0.2, 0.25) is 0 Å². The summed E-state index contributed by atoms with van der Waals surface area (Å²) in [5.74, 6) is 0. The van der Waals surface area contributed by atoms with Crippen LogP contribution in [0.15, 0.2) is 58.8 Å². The van der Waals surface area contributed by atoms with Crippen molar-refractivity contribution in [2.45, 2.75) is 27.7 Å². The molecule has 0 unspecified atom stereocenters. The molecule has 0 aliphatic rings. The van der Waals surface area contributed by atoms with Crippen LogP contribution in [0.4, 0.5) is 0 Å².